The van der Waals surface area contributed by atoms with Crippen LogP contribution in [0.2, 0.25) is 25.2 Å². The predicted octanol–water partition coefficient (Wildman–Crippen LogP) is 12.6. The Morgan fingerprint density at radius 1 is 0.846 bits per heavy atom. The van der Waals surface area contributed by atoms with Gasteiger partial charge in [-0.25, -0.2) is 4.98 Å². The summed E-state index contributed by atoms with van der Waals surface area (Å²) in [5.41, 5.74) is 2.50. The quantitative estimate of drug-likeness (QED) is 0.0483. The van der Waals surface area contributed by atoms with Crippen molar-refractivity contribution in [2.75, 3.05) is 24.7 Å². The first-order chi connectivity index (χ1) is 24.4. The van der Waals surface area contributed by atoms with Gasteiger partial charge >= 0.3 is 18.1 Å². The van der Waals surface area contributed by atoms with Gasteiger partial charge in [0.2, 0.25) is 10.2 Å². The Morgan fingerprint density at radius 3 is 1.96 bits per heavy atom. The summed E-state index contributed by atoms with van der Waals surface area (Å²) >= 11 is 31.6. The van der Waals surface area contributed by atoms with Gasteiger partial charge in [0.15, 0.2) is 5.15 Å². The van der Waals surface area contributed by atoms with Gasteiger partial charge in [-0.3, -0.25) is 4.79 Å². The minimum atomic E-state index is -5.94. The maximum Gasteiger partial charge on any atom is 0.453 e. The van der Waals surface area contributed by atoms with Crippen molar-refractivity contribution in [3.8, 4) is 10.8 Å². The molecule has 0 fully saturated rings. The highest BCUT2D eigenvalue weighted by Gasteiger charge is 2.58. The molecule has 0 aliphatic heterocycles. The molecule has 0 spiro atoms. The fraction of sp³-hybridized carbons (Fsp3) is 0.333. The smallest absolute Gasteiger partial charge is 0.453 e. The lowest BCUT2D eigenvalue weighted by Crippen LogP contribution is -2.39. The number of benzene rings is 3. The van der Waals surface area contributed by atoms with Crippen molar-refractivity contribution < 1.29 is 41.0 Å². The molecule has 8 nitrogen and oxygen atoms in total. The van der Waals surface area contributed by atoms with Crippen molar-refractivity contribution in [2.45, 2.75) is 45.5 Å². The van der Waals surface area contributed by atoms with E-state index in [1.807, 2.05) is 18.7 Å². The largest absolute Gasteiger partial charge is 0.489 e. The third-order valence-corrected chi connectivity index (χ3v) is 8.67. The van der Waals surface area contributed by atoms with Crippen molar-refractivity contribution in [1.82, 2.24) is 4.98 Å². The van der Waals surface area contributed by atoms with Crippen LogP contribution in [0.15, 0.2) is 64.8 Å². The molecule has 3 aromatic carbocycles. The number of nitrogens with zero attached hydrogens (tertiary/aromatic N) is 4. The molecule has 280 valence electrons. The number of hydrogen-bond acceptors (Lipinski definition) is 9. The molecule has 0 bridgehead atoms. The molecule has 4 aromatic rings. The van der Waals surface area contributed by atoms with Gasteiger partial charge in [-0.1, -0.05) is 83.2 Å². The van der Waals surface area contributed by atoms with Crippen molar-refractivity contribution in [3.63, 3.8) is 0 Å². The third kappa shape index (κ3) is 12.6. The number of aromatic nitrogens is 1. The number of carbonyl (C=O) groups is 1. The zero-order chi connectivity index (χ0) is 38.2. The van der Waals surface area contributed by atoms with Gasteiger partial charge in [0, 0.05) is 51.5 Å². The van der Waals surface area contributed by atoms with Crippen molar-refractivity contribution in [3.05, 3.63) is 91.0 Å². The van der Waals surface area contributed by atoms with Crippen LogP contribution in [-0.4, -0.2) is 42.9 Å². The van der Waals surface area contributed by atoms with Gasteiger partial charge in [-0.2, -0.15) is 22.0 Å². The van der Waals surface area contributed by atoms with Crippen LogP contribution in [-0.2, 0) is 22.6 Å². The Balaban J connectivity index is 1.64. The lowest BCUT2D eigenvalue weighted by Gasteiger charge is -2.26. The maximum absolute atomic E-state index is 13.3. The highest BCUT2D eigenvalue weighted by molar-refractivity contribution is 7.17. The number of azo groups is 1. The average Bonchev–Trinajstić information content (AvgIpc) is 3.36. The molecule has 1 aromatic heterocycles. The number of ether oxygens (including phenoxy) is 3. The normalized spacial score (nSPS) is 12.2. The molecule has 19 heteroatoms. The molecule has 52 heavy (non-hydrogen) atoms. The SMILES string of the molecule is CC(C)COCCOc1cc(N(Cc2cc(Cl)cc(Cl)c2)Cc2cc(Cl)cc(Cl)c2)ccc1N=Nc1nc(Cl)c(OC(=O)CC(F)(F)C(F)(F)F)s1. The van der Waals surface area contributed by atoms with Crippen molar-refractivity contribution >= 4 is 91.8 Å². The van der Waals surface area contributed by atoms with Gasteiger partial charge in [0.05, 0.1) is 6.61 Å². The van der Waals surface area contributed by atoms with Crippen LogP contribution in [0.3, 0.4) is 0 Å². The van der Waals surface area contributed by atoms with Gasteiger partial charge in [0.25, 0.3) is 0 Å². The summed E-state index contributed by atoms with van der Waals surface area (Å²) in [6.45, 7) is 5.61. The number of halogens is 10. The number of thiazole rings is 1. The minimum absolute atomic E-state index is 0.137. The van der Waals surface area contributed by atoms with E-state index in [1.54, 1.807) is 54.6 Å². The summed E-state index contributed by atoms with van der Waals surface area (Å²) < 4.78 is 80.5. The van der Waals surface area contributed by atoms with E-state index in [0.717, 1.165) is 11.1 Å². The van der Waals surface area contributed by atoms with Gasteiger partial charge in [-0.15, -0.1) is 10.2 Å². The highest BCUT2D eigenvalue weighted by atomic mass is 35.5. The van der Waals surface area contributed by atoms with Crippen LogP contribution in [0, 0.1) is 5.92 Å². The number of hydrogen-bond donors (Lipinski definition) is 0. The number of esters is 1. The van der Waals surface area contributed by atoms with Crippen LogP contribution >= 0.6 is 69.3 Å². The molecule has 0 saturated carbocycles. The summed E-state index contributed by atoms with van der Waals surface area (Å²) in [5.74, 6) is -6.59. The monoisotopic (exact) mass is 846 g/mol. The van der Waals surface area contributed by atoms with E-state index >= 15 is 0 Å². The number of anilines is 1. The Bertz CT molecular complexity index is 1800. The molecule has 0 amide bonds. The zero-order valence-electron chi connectivity index (χ0n) is 27.1. The summed E-state index contributed by atoms with van der Waals surface area (Å²) in [4.78, 5) is 17.7. The molecule has 4 rings (SSSR count). The Hall–Kier alpha value is -2.98. The molecule has 0 unspecified atom stereocenters. The average molecular weight is 849 g/mol. The first-order valence-corrected chi connectivity index (χ1v) is 17.8. The predicted molar refractivity (Wildman–Crippen MR) is 193 cm³/mol. The van der Waals surface area contributed by atoms with Crippen molar-refractivity contribution in [2.24, 2.45) is 16.1 Å². The first kappa shape index (κ1) is 41.8. The Kier molecular flexibility index (Phi) is 14.8. The van der Waals surface area contributed by atoms with Gasteiger partial charge in [-0.05, 0) is 65.6 Å². The zero-order valence-corrected chi connectivity index (χ0v) is 31.7. The van der Waals surface area contributed by atoms with Crippen LogP contribution in [0.1, 0.15) is 31.4 Å². The molecule has 0 aliphatic carbocycles. The molecule has 0 atom stereocenters. The number of carbonyl (C=O) groups excluding carboxylic acids is 1. The van der Waals surface area contributed by atoms with E-state index in [1.165, 1.54) is 0 Å². The fourth-order valence-electron chi connectivity index (χ4n) is 4.41. The molecule has 0 aliphatic rings. The van der Waals surface area contributed by atoms with E-state index in [2.05, 4.69) is 19.9 Å². The summed E-state index contributed by atoms with van der Waals surface area (Å²) in [6, 6.07) is 15.4. The standard InChI is InChI=1S/C33H28Cl5F5N4O4S/c1-18(2)17-49-5-6-50-27-13-25(47(15-19-7-21(34)11-22(35)8-19)16-20-9-23(36)12-24(37)10-20)3-4-26(27)45-46-31-44-29(38)30(52-31)51-28(48)14-32(39,40)33(41,42)43/h3-4,7-13,18H,5-6,14-17H2,1-2H3. The van der Waals surface area contributed by atoms with E-state index < -0.39 is 34.7 Å². The lowest BCUT2D eigenvalue weighted by molar-refractivity contribution is -0.283. The Morgan fingerprint density at radius 2 is 1.42 bits per heavy atom. The first-order valence-electron chi connectivity index (χ1n) is 15.1. The molecule has 1 heterocycles. The van der Waals surface area contributed by atoms with E-state index in [-0.39, 0.29) is 29.8 Å². The summed E-state index contributed by atoms with van der Waals surface area (Å²) in [7, 11) is 0. The lowest BCUT2D eigenvalue weighted by atomic mass is 10.1. The third-order valence-electron chi connectivity index (χ3n) is 6.61. The molecular formula is C33H28Cl5F5N4O4S. The second-order valence-electron chi connectivity index (χ2n) is 11.5. The van der Waals surface area contributed by atoms with Gasteiger partial charge in [0.1, 0.15) is 24.5 Å². The Labute approximate surface area is 324 Å². The molecule has 0 saturated heterocycles. The van der Waals surface area contributed by atoms with E-state index in [4.69, 9.17) is 67.5 Å². The van der Waals surface area contributed by atoms with Crippen LogP contribution < -0.4 is 14.4 Å². The van der Waals surface area contributed by atoms with Crippen LogP contribution in [0.5, 0.6) is 10.8 Å². The van der Waals surface area contributed by atoms with E-state index in [9.17, 15) is 26.7 Å². The summed E-state index contributed by atoms with van der Waals surface area (Å²) in [6.07, 6.45) is -8.19. The van der Waals surface area contributed by atoms with Crippen LogP contribution in [0.25, 0.3) is 0 Å². The second kappa shape index (κ2) is 18.4. The summed E-state index contributed by atoms with van der Waals surface area (Å²) in [5, 5.41) is 8.79. The number of alkyl halides is 5. The fourth-order valence-corrected chi connectivity index (χ4v) is 6.49. The molecule has 0 N–H and O–H groups in total. The highest BCUT2D eigenvalue weighted by Crippen LogP contribution is 2.42. The van der Waals surface area contributed by atoms with E-state index in [0.29, 0.717) is 62.7 Å². The molecular weight excluding hydrogens is 821 g/mol. The maximum atomic E-state index is 13.3. The molecule has 0 radical (unpaired) electrons. The minimum Gasteiger partial charge on any atom is -0.489 e. The van der Waals surface area contributed by atoms with Crippen LogP contribution in [0.4, 0.5) is 38.5 Å². The second-order valence-corrected chi connectivity index (χ2v) is 14.6. The van der Waals surface area contributed by atoms with Gasteiger partial charge < -0.3 is 19.1 Å². The number of rotatable bonds is 16. The topological polar surface area (TPSA) is 85.6 Å². The van der Waals surface area contributed by atoms with Crippen molar-refractivity contribution in [1.29, 1.82) is 0 Å².